The van der Waals surface area contributed by atoms with E-state index >= 15 is 0 Å². The number of hydrogen-bond acceptors (Lipinski definition) is 5. The Kier molecular flexibility index (Phi) is 4.72. The van der Waals surface area contributed by atoms with Crippen LogP contribution in [0.25, 0.3) is 0 Å². The largest absolute Gasteiger partial charge is 0.398 e. The smallest absolute Gasteiger partial charge is 0.246 e. The molecule has 3 N–H and O–H groups in total. The van der Waals surface area contributed by atoms with Crippen LogP contribution in [0.4, 0.5) is 5.69 Å². The highest BCUT2D eigenvalue weighted by atomic mass is 35.5. The summed E-state index contributed by atoms with van der Waals surface area (Å²) in [6.07, 6.45) is 0. The summed E-state index contributed by atoms with van der Waals surface area (Å²) in [5, 5.41) is 2.78. The van der Waals surface area contributed by atoms with Crippen LogP contribution in [0.2, 0.25) is 5.02 Å². The van der Waals surface area contributed by atoms with Crippen molar-refractivity contribution in [3.63, 3.8) is 0 Å². The molecule has 0 saturated carbocycles. The first-order valence-corrected chi connectivity index (χ1v) is 8.06. The van der Waals surface area contributed by atoms with Gasteiger partial charge in [0.25, 0.3) is 0 Å². The average Bonchev–Trinajstić information content (AvgIpc) is 2.46. The summed E-state index contributed by atoms with van der Waals surface area (Å²) in [5.74, 6) is -0.425. The molecular weight excluding hydrogens is 318 g/mol. The van der Waals surface area contributed by atoms with Crippen molar-refractivity contribution in [3.8, 4) is 0 Å². The van der Waals surface area contributed by atoms with Crippen LogP contribution in [-0.2, 0) is 19.6 Å². The van der Waals surface area contributed by atoms with Gasteiger partial charge in [-0.15, -0.1) is 0 Å². The number of amides is 1. The van der Waals surface area contributed by atoms with Crippen molar-refractivity contribution in [1.29, 1.82) is 0 Å². The Morgan fingerprint density at radius 3 is 2.86 bits per heavy atom. The number of nitrogens with one attached hydrogen (secondary N) is 1. The van der Waals surface area contributed by atoms with Crippen LogP contribution in [0.3, 0.4) is 0 Å². The fourth-order valence-corrected chi connectivity index (χ4v) is 3.97. The van der Waals surface area contributed by atoms with Gasteiger partial charge in [0.05, 0.1) is 18.9 Å². The van der Waals surface area contributed by atoms with Crippen molar-refractivity contribution >= 4 is 33.2 Å². The lowest BCUT2D eigenvalue weighted by Crippen LogP contribution is -2.55. The number of nitrogen functional groups attached to an aromatic ring is 1. The van der Waals surface area contributed by atoms with Gasteiger partial charge in [0.2, 0.25) is 15.9 Å². The normalized spacial score (nSPS) is 20.2. The van der Waals surface area contributed by atoms with Gasteiger partial charge < -0.3 is 15.8 Å². The Morgan fingerprint density at radius 2 is 2.24 bits per heavy atom. The van der Waals surface area contributed by atoms with Gasteiger partial charge in [-0.05, 0) is 18.2 Å². The molecule has 0 aliphatic carbocycles. The summed E-state index contributed by atoms with van der Waals surface area (Å²) >= 11 is 5.78. The molecule has 1 aliphatic heterocycles. The zero-order chi connectivity index (χ0) is 15.6. The summed E-state index contributed by atoms with van der Waals surface area (Å²) in [6, 6.07) is 3.23. The molecule has 1 atom stereocenters. The molecule has 0 radical (unpaired) electrons. The summed E-state index contributed by atoms with van der Waals surface area (Å²) in [4.78, 5) is 11.8. The molecule has 1 aromatic carbocycles. The third kappa shape index (κ3) is 3.13. The van der Waals surface area contributed by atoms with Crippen LogP contribution in [0.5, 0.6) is 0 Å². The molecule has 1 aliphatic rings. The first-order valence-electron chi connectivity index (χ1n) is 6.24. The van der Waals surface area contributed by atoms with Gasteiger partial charge in [-0.3, -0.25) is 4.79 Å². The predicted octanol–water partition coefficient (Wildman–Crippen LogP) is 0.0577. The molecule has 7 nitrogen and oxygen atoms in total. The van der Waals surface area contributed by atoms with E-state index in [4.69, 9.17) is 22.1 Å². The van der Waals surface area contributed by atoms with Crippen LogP contribution in [0, 0.1) is 0 Å². The number of rotatable bonds is 3. The van der Waals surface area contributed by atoms with Gasteiger partial charge >= 0.3 is 0 Å². The molecule has 21 heavy (non-hydrogen) atoms. The van der Waals surface area contributed by atoms with E-state index in [1.54, 1.807) is 0 Å². The molecule has 116 valence electrons. The highest BCUT2D eigenvalue weighted by Crippen LogP contribution is 2.27. The number of morpholine rings is 1. The van der Waals surface area contributed by atoms with E-state index in [0.717, 1.165) is 4.31 Å². The second-order valence-corrected chi connectivity index (χ2v) is 6.80. The zero-order valence-corrected chi connectivity index (χ0v) is 12.9. The average molecular weight is 334 g/mol. The minimum atomic E-state index is -3.90. The SMILES string of the molecule is CNC(=O)C1COCCN1S(=O)(=O)c1ccc(Cl)cc1N. The molecular formula is C12H16ClN3O4S. The first kappa shape index (κ1) is 16.0. The van der Waals surface area contributed by atoms with Gasteiger partial charge in [-0.1, -0.05) is 11.6 Å². The molecule has 9 heteroatoms. The number of nitrogens with zero attached hydrogens (tertiary/aromatic N) is 1. The number of hydrogen-bond donors (Lipinski definition) is 2. The third-order valence-corrected chi connectivity index (χ3v) is 5.40. The minimum absolute atomic E-state index is 0.00635. The predicted molar refractivity (Wildman–Crippen MR) is 78.4 cm³/mol. The van der Waals surface area contributed by atoms with E-state index < -0.39 is 22.0 Å². The Labute approximate surface area is 128 Å². The lowest BCUT2D eigenvalue weighted by atomic mass is 10.2. The Bertz CT molecular complexity index is 650. The summed E-state index contributed by atoms with van der Waals surface area (Å²) in [7, 11) is -2.46. The molecule has 0 aromatic heterocycles. The van der Waals surface area contributed by atoms with Crippen molar-refractivity contribution in [2.75, 3.05) is 32.5 Å². The summed E-state index contributed by atoms with van der Waals surface area (Å²) < 4.78 is 31.7. The molecule has 1 fully saturated rings. The van der Waals surface area contributed by atoms with E-state index in [0.29, 0.717) is 5.02 Å². The van der Waals surface area contributed by atoms with Crippen molar-refractivity contribution in [2.24, 2.45) is 0 Å². The first-order chi connectivity index (χ1) is 9.87. The van der Waals surface area contributed by atoms with Gasteiger partial charge in [0, 0.05) is 18.6 Å². The number of ether oxygens (including phenoxy) is 1. The van der Waals surface area contributed by atoms with Crippen molar-refractivity contribution in [3.05, 3.63) is 23.2 Å². The number of sulfonamides is 1. The topological polar surface area (TPSA) is 102 Å². The number of carbonyl (C=O) groups is 1. The second kappa shape index (κ2) is 6.18. The molecule has 1 saturated heterocycles. The van der Waals surface area contributed by atoms with E-state index in [9.17, 15) is 13.2 Å². The van der Waals surface area contributed by atoms with Crippen LogP contribution in [-0.4, -0.2) is 51.5 Å². The van der Waals surface area contributed by atoms with Crippen molar-refractivity contribution in [2.45, 2.75) is 10.9 Å². The lowest BCUT2D eigenvalue weighted by molar-refractivity contribution is -0.128. The van der Waals surface area contributed by atoms with Crippen LogP contribution in [0.15, 0.2) is 23.1 Å². The van der Waals surface area contributed by atoms with Gasteiger partial charge in [0.15, 0.2) is 0 Å². The monoisotopic (exact) mass is 333 g/mol. The number of benzene rings is 1. The standard InChI is InChI=1S/C12H16ClN3O4S/c1-15-12(17)10-7-20-5-4-16(10)21(18,19)11-3-2-8(13)6-9(11)14/h2-3,6,10H,4-5,7,14H2,1H3,(H,15,17). The van der Waals surface area contributed by atoms with E-state index in [1.807, 2.05) is 0 Å². The third-order valence-electron chi connectivity index (χ3n) is 3.19. The number of anilines is 1. The number of nitrogens with two attached hydrogens (primary N) is 1. The van der Waals surface area contributed by atoms with Crippen LogP contribution < -0.4 is 11.1 Å². The fraction of sp³-hybridized carbons (Fsp3) is 0.417. The summed E-state index contributed by atoms with van der Waals surface area (Å²) in [5.41, 5.74) is 5.79. The van der Waals surface area contributed by atoms with Gasteiger partial charge in [-0.25, -0.2) is 8.42 Å². The van der Waals surface area contributed by atoms with Gasteiger partial charge in [0.1, 0.15) is 10.9 Å². The molecule has 0 spiro atoms. The van der Waals surface area contributed by atoms with E-state index in [1.165, 1.54) is 25.2 Å². The molecule has 1 aromatic rings. The number of likely N-dealkylation sites (N-methyl/N-ethyl adjacent to an activating group) is 1. The number of halogens is 1. The highest BCUT2D eigenvalue weighted by molar-refractivity contribution is 7.89. The van der Waals surface area contributed by atoms with Crippen molar-refractivity contribution in [1.82, 2.24) is 9.62 Å². The van der Waals surface area contributed by atoms with Crippen molar-refractivity contribution < 1.29 is 17.9 Å². The van der Waals surface area contributed by atoms with E-state index in [-0.39, 0.29) is 30.3 Å². The lowest BCUT2D eigenvalue weighted by Gasteiger charge is -2.33. The van der Waals surface area contributed by atoms with Crippen LogP contribution in [0.1, 0.15) is 0 Å². The molecule has 1 amide bonds. The Hall–Kier alpha value is -1.35. The quantitative estimate of drug-likeness (QED) is 0.761. The maximum absolute atomic E-state index is 12.7. The Balaban J connectivity index is 2.43. The zero-order valence-electron chi connectivity index (χ0n) is 11.4. The van der Waals surface area contributed by atoms with Crippen LogP contribution >= 0.6 is 11.6 Å². The minimum Gasteiger partial charge on any atom is -0.398 e. The molecule has 0 bridgehead atoms. The highest BCUT2D eigenvalue weighted by Gasteiger charge is 2.38. The van der Waals surface area contributed by atoms with E-state index in [2.05, 4.69) is 5.32 Å². The fourth-order valence-electron chi connectivity index (χ4n) is 2.13. The maximum Gasteiger partial charge on any atom is 0.246 e. The Morgan fingerprint density at radius 1 is 1.52 bits per heavy atom. The summed E-state index contributed by atoms with van der Waals surface area (Å²) in [6.45, 7) is 0.315. The maximum atomic E-state index is 12.7. The molecule has 1 heterocycles. The number of carbonyl (C=O) groups excluding carboxylic acids is 1. The molecule has 1 unspecified atom stereocenters. The molecule has 2 rings (SSSR count). The van der Waals surface area contributed by atoms with Gasteiger partial charge in [-0.2, -0.15) is 4.31 Å². The second-order valence-electron chi connectivity index (χ2n) is 4.50.